The van der Waals surface area contributed by atoms with Crippen LogP contribution in [0.3, 0.4) is 0 Å². The van der Waals surface area contributed by atoms with Gasteiger partial charge in [-0.1, -0.05) is 37.0 Å². The van der Waals surface area contributed by atoms with Crippen molar-refractivity contribution in [2.75, 3.05) is 5.32 Å². The third kappa shape index (κ3) is 3.58. The van der Waals surface area contributed by atoms with Gasteiger partial charge in [0.2, 0.25) is 5.91 Å². The number of amides is 1. The molecule has 0 saturated carbocycles. The SMILES string of the molecule is CCC(CC)(CC(=O)Nc1ncnc(Cl)c1Cl)C(=O)O. The van der Waals surface area contributed by atoms with Gasteiger partial charge in [-0.3, -0.25) is 9.59 Å². The van der Waals surface area contributed by atoms with Crippen LogP contribution in [0.4, 0.5) is 5.82 Å². The summed E-state index contributed by atoms with van der Waals surface area (Å²) in [6, 6.07) is 0. The van der Waals surface area contributed by atoms with Crippen molar-refractivity contribution in [3.8, 4) is 0 Å². The van der Waals surface area contributed by atoms with E-state index >= 15 is 0 Å². The van der Waals surface area contributed by atoms with E-state index in [1.54, 1.807) is 13.8 Å². The highest BCUT2D eigenvalue weighted by Crippen LogP contribution is 2.32. The summed E-state index contributed by atoms with van der Waals surface area (Å²) >= 11 is 11.6. The molecule has 0 radical (unpaired) electrons. The molecule has 0 fully saturated rings. The van der Waals surface area contributed by atoms with E-state index in [0.29, 0.717) is 12.8 Å². The van der Waals surface area contributed by atoms with Crippen LogP contribution in [0.5, 0.6) is 0 Å². The Morgan fingerprint density at radius 2 is 1.90 bits per heavy atom. The minimum Gasteiger partial charge on any atom is -0.481 e. The summed E-state index contributed by atoms with van der Waals surface area (Å²) in [5, 5.41) is 11.8. The fourth-order valence-corrected chi connectivity index (χ4v) is 2.08. The van der Waals surface area contributed by atoms with Gasteiger partial charge in [0.25, 0.3) is 0 Å². The van der Waals surface area contributed by atoms with Crippen molar-refractivity contribution in [2.45, 2.75) is 33.1 Å². The number of carboxylic acids is 1. The molecule has 0 aliphatic heterocycles. The van der Waals surface area contributed by atoms with Gasteiger partial charge < -0.3 is 10.4 Å². The van der Waals surface area contributed by atoms with Gasteiger partial charge in [-0.15, -0.1) is 0 Å². The number of rotatable bonds is 6. The molecule has 1 aromatic heterocycles. The maximum absolute atomic E-state index is 12.0. The third-order valence-corrected chi connectivity index (χ3v) is 4.05. The van der Waals surface area contributed by atoms with Crippen LogP contribution in [-0.4, -0.2) is 27.0 Å². The predicted molar refractivity (Wildman–Crippen MR) is 75.9 cm³/mol. The largest absolute Gasteiger partial charge is 0.481 e. The van der Waals surface area contributed by atoms with E-state index in [0.717, 1.165) is 6.33 Å². The first-order valence-corrected chi connectivity index (χ1v) is 6.81. The smallest absolute Gasteiger partial charge is 0.310 e. The normalized spacial score (nSPS) is 11.2. The molecule has 0 aromatic carbocycles. The Kier molecular flexibility index (Phi) is 5.71. The molecule has 1 heterocycles. The second-order valence-electron chi connectivity index (χ2n) is 4.34. The molecule has 0 bridgehead atoms. The Morgan fingerprint density at radius 1 is 1.30 bits per heavy atom. The second-order valence-corrected chi connectivity index (χ2v) is 5.08. The molecule has 6 nitrogen and oxygen atoms in total. The highest BCUT2D eigenvalue weighted by atomic mass is 35.5. The van der Waals surface area contributed by atoms with E-state index in [2.05, 4.69) is 15.3 Å². The Balaban J connectivity index is 2.86. The fraction of sp³-hybridized carbons (Fsp3) is 0.500. The number of anilines is 1. The predicted octanol–water partition coefficient (Wildman–Crippen LogP) is 3.00. The lowest BCUT2D eigenvalue weighted by Gasteiger charge is -2.25. The summed E-state index contributed by atoms with van der Waals surface area (Å²) < 4.78 is 0. The van der Waals surface area contributed by atoms with Crippen molar-refractivity contribution < 1.29 is 14.7 Å². The molecule has 8 heteroatoms. The highest BCUT2D eigenvalue weighted by molar-refractivity contribution is 6.42. The molecular weight excluding hydrogens is 305 g/mol. The van der Waals surface area contributed by atoms with Crippen LogP contribution in [0.15, 0.2) is 6.33 Å². The number of aliphatic carboxylic acids is 1. The van der Waals surface area contributed by atoms with Crippen LogP contribution in [0.25, 0.3) is 0 Å². The zero-order chi connectivity index (χ0) is 15.3. The van der Waals surface area contributed by atoms with E-state index in [4.69, 9.17) is 23.2 Å². The first kappa shape index (κ1) is 16.7. The number of aromatic nitrogens is 2. The van der Waals surface area contributed by atoms with Gasteiger partial charge in [0.15, 0.2) is 11.0 Å². The van der Waals surface area contributed by atoms with Gasteiger partial charge >= 0.3 is 5.97 Å². The van der Waals surface area contributed by atoms with Crippen molar-refractivity contribution in [1.82, 2.24) is 9.97 Å². The van der Waals surface area contributed by atoms with Crippen LogP contribution in [0.2, 0.25) is 10.2 Å². The molecule has 0 saturated heterocycles. The van der Waals surface area contributed by atoms with E-state index in [9.17, 15) is 14.7 Å². The van der Waals surface area contributed by atoms with Crippen LogP contribution < -0.4 is 5.32 Å². The quantitative estimate of drug-likeness (QED) is 0.786. The van der Waals surface area contributed by atoms with E-state index in [-0.39, 0.29) is 22.4 Å². The molecule has 0 aliphatic rings. The molecular formula is C12H15Cl2N3O3. The monoisotopic (exact) mass is 319 g/mol. The van der Waals surface area contributed by atoms with Crippen LogP contribution in [0.1, 0.15) is 33.1 Å². The molecule has 1 rings (SSSR count). The Morgan fingerprint density at radius 3 is 2.40 bits per heavy atom. The van der Waals surface area contributed by atoms with E-state index in [1.165, 1.54) is 0 Å². The number of halogens is 2. The van der Waals surface area contributed by atoms with Gasteiger partial charge in [0.1, 0.15) is 11.3 Å². The number of hydrogen-bond acceptors (Lipinski definition) is 4. The van der Waals surface area contributed by atoms with Gasteiger partial charge in [-0.2, -0.15) is 0 Å². The maximum atomic E-state index is 12.0. The van der Waals surface area contributed by atoms with Crippen molar-refractivity contribution >= 4 is 40.9 Å². The molecule has 2 N–H and O–H groups in total. The molecule has 0 atom stereocenters. The number of carboxylic acid groups (broad SMARTS) is 1. The average molecular weight is 320 g/mol. The summed E-state index contributed by atoms with van der Waals surface area (Å²) in [4.78, 5) is 30.8. The first-order chi connectivity index (χ1) is 9.36. The molecule has 20 heavy (non-hydrogen) atoms. The highest BCUT2D eigenvalue weighted by Gasteiger charge is 2.37. The number of carbonyl (C=O) groups is 2. The van der Waals surface area contributed by atoms with Gasteiger partial charge in [-0.05, 0) is 12.8 Å². The Hall–Kier alpha value is -1.40. The lowest BCUT2D eigenvalue weighted by Crippen LogP contribution is -2.34. The first-order valence-electron chi connectivity index (χ1n) is 6.05. The minimum absolute atomic E-state index is 0.0208. The summed E-state index contributed by atoms with van der Waals surface area (Å²) in [5.41, 5.74) is -1.09. The van der Waals surface area contributed by atoms with E-state index < -0.39 is 17.3 Å². The van der Waals surface area contributed by atoms with Crippen molar-refractivity contribution in [2.24, 2.45) is 5.41 Å². The van der Waals surface area contributed by atoms with Crippen LogP contribution >= 0.6 is 23.2 Å². The van der Waals surface area contributed by atoms with Gasteiger partial charge in [0, 0.05) is 6.42 Å². The Labute approximate surface area is 126 Å². The zero-order valence-electron chi connectivity index (χ0n) is 11.1. The number of nitrogens with zero attached hydrogens (tertiary/aromatic N) is 2. The number of carbonyl (C=O) groups excluding carboxylic acids is 1. The molecule has 0 unspecified atom stereocenters. The summed E-state index contributed by atoms with van der Waals surface area (Å²) in [7, 11) is 0. The van der Waals surface area contributed by atoms with Crippen LogP contribution in [-0.2, 0) is 9.59 Å². The maximum Gasteiger partial charge on any atom is 0.310 e. The van der Waals surface area contributed by atoms with Crippen molar-refractivity contribution in [1.29, 1.82) is 0 Å². The van der Waals surface area contributed by atoms with E-state index in [1.807, 2.05) is 0 Å². The zero-order valence-corrected chi connectivity index (χ0v) is 12.6. The fourth-order valence-electron chi connectivity index (χ4n) is 1.80. The lowest BCUT2D eigenvalue weighted by atomic mass is 9.79. The summed E-state index contributed by atoms with van der Waals surface area (Å²) in [6.45, 7) is 3.47. The summed E-state index contributed by atoms with van der Waals surface area (Å²) in [5.74, 6) is -1.40. The minimum atomic E-state index is -1.09. The van der Waals surface area contributed by atoms with Crippen LogP contribution in [0, 0.1) is 5.41 Å². The van der Waals surface area contributed by atoms with Crippen molar-refractivity contribution in [3.63, 3.8) is 0 Å². The molecule has 0 aliphatic carbocycles. The third-order valence-electron chi connectivity index (χ3n) is 3.31. The number of hydrogen-bond donors (Lipinski definition) is 2. The Bertz CT molecular complexity index is 519. The van der Waals surface area contributed by atoms with Gasteiger partial charge in [-0.25, -0.2) is 9.97 Å². The van der Waals surface area contributed by atoms with Crippen molar-refractivity contribution in [3.05, 3.63) is 16.5 Å². The number of nitrogens with one attached hydrogen (secondary N) is 1. The standard InChI is InChI=1S/C12H15Cl2N3O3/c1-3-12(4-2,11(19)20)5-7(18)17-10-8(13)9(14)15-6-16-10/h6H,3-5H2,1-2H3,(H,19,20)(H,15,16,17,18). The topological polar surface area (TPSA) is 92.2 Å². The molecule has 110 valence electrons. The average Bonchev–Trinajstić information content (AvgIpc) is 2.41. The lowest BCUT2D eigenvalue weighted by molar-refractivity contribution is -0.151. The molecule has 1 aromatic rings. The summed E-state index contributed by atoms with van der Waals surface area (Å²) in [6.07, 6.45) is 1.70. The van der Waals surface area contributed by atoms with Gasteiger partial charge in [0.05, 0.1) is 5.41 Å². The second kappa shape index (κ2) is 6.85. The molecule has 1 amide bonds. The molecule has 0 spiro atoms.